The van der Waals surface area contributed by atoms with Crippen molar-refractivity contribution in [2.24, 2.45) is 0 Å². The summed E-state index contributed by atoms with van der Waals surface area (Å²) in [5.74, 6) is 0.535. The predicted octanol–water partition coefficient (Wildman–Crippen LogP) is 9.51. The number of aryl methyl sites for hydroxylation is 2. The number of nitrogens with one attached hydrogen (secondary N) is 1. The van der Waals surface area contributed by atoms with Crippen LogP contribution in [0.15, 0.2) is 55.0 Å². The van der Waals surface area contributed by atoms with Gasteiger partial charge >= 0.3 is 0 Å². The van der Waals surface area contributed by atoms with Crippen LogP contribution in [-0.4, -0.2) is 80.1 Å². The van der Waals surface area contributed by atoms with Crippen molar-refractivity contribution in [1.29, 1.82) is 0 Å². The first-order chi connectivity index (χ1) is 27.6. The molecule has 0 radical (unpaired) electrons. The van der Waals surface area contributed by atoms with Gasteiger partial charge in [0.05, 0.1) is 36.7 Å². The van der Waals surface area contributed by atoms with E-state index in [1.165, 1.54) is 0 Å². The Hall–Kier alpha value is -3.58. The topological polar surface area (TPSA) is 110 Å². The summed E-state index contributed by atoms with van der Waals surface area (Å²) in [5.41, 5.74) is 6.54. The Kier molecular flexibility index (Phi) is 14.6. The lowest BCUT2D eigenvalue weighted by atomic mass is 9.96. The first-order valence-electron chi connectivity index (χ1n) is 20.8. The zero-order valence-corrected chi connectivity index (χ0v) is 39.2. The Morgan fingerprint density at radius 1 is 0.862 bits per heavy atom. The van der Waals surface area contributed by atoms with E-state index in [0.717, 1.165) is 81.2 Å². The fourth-order valence-corrected chi connectivity index (χ4v) is 10.5. The van der Waals surface area contributed by atoms with Crippen molar-refractivity contribution in [3.05, 3.63) is 89.0 Å². The minimum absolute atomic E-state index is 0.0210. The maximum atomic E-state index is 15.9. The molecule has 11 nitrogen and oxygen atoms in total. The number of aromatic nitrogens is 6. The number of benzene rings is 2. The highest BCUT2D eigenvalue weighted by atomic mass is 28.3. The van der Waals surface area contributed by atoms with Crippen LogP contribution in [0, 0.1) is 5.82 Å². The van der Waals surface area contributed by atoms with E-state index in [9.17, 15) is 0 Å². The van der Waals surface area contributed by atoms with Crippen LogP contribution in [0.4, 0.5) is 4.39 Å². The summed E-state index contributed by atoms with van der Waals surface area (Å²) in [5, 5.41) is 9.81. The van der Waals surface area contributed by atoms with Crippen molar-refractivity contribution < 1.29 is 23.3 Å². The van der Waals surface area contributed by atoms with E-state index in [1.54, 1.807) is 18.5 Å². The molecule has 15 heteroatoms. The molecule has 0 saturated carbocycles. The van der Waals surface area contributed by atoms with Crippen LogP contribution in [0.3, 0.4) is 0 Å². The van der Waals surface area contributed by atoms with Crippen LogP contribution >= 0.6 is 0 Å². The molecule has 0 fully saturated rings. The molecule has 6 rings (SSSR count). The van der Waals surface area contributed by atoms with E-state index in [2.05, 4.69) is 91.3 Å². The summed E-state index contributed by atoms with van der Waals surface area (Å²) in [7, 11) is -4.08. The Morgan fingerprint density at radius 3 is 2.31 bits per heavy atom. The SMILES string of the molecule is CCc1cc(OCOCC[Si](C)(C)C)c(F)cc1C1NCc2nc(-c3nn(COCC[Si](C)(C)C)c4ccccc34)n(COCC[Si](C)(C)CCc3cnccn3)c21. The highest BCUT2D eigenvalue weighted by Crippen LogP contribution is 2.39. The first kappa shape index (κ1) is 44.0. The Bertz CT molecular complexity index is 2110. The Balaban J connectivity index is 1.28. The number of para-hydroxylation sites is 1. The van der Waals surface area contributed by atoms with Gasteiger partial charge in [-0.25, -0.2) is 14.1 Å². The first-order valence-corrected chi connectivity index (χ1v) is 31.7. The number of hydrogen-bond acceptors (Lipinski definition) is 9. The zero-order chi connectivity index (χ0) is 41.5. The molecule has 5 aromatic rings. The highest BCUT2D eigenvalue weighted by Gasteiger charge is 2.35. The van der Waals surface area contributed by atoms with Gasteiger partial charge in [0, 0.05) is 66.5 Å². The summed E-state index contributed by atoms with van der Waals surface area (Å²) in [6, 6.07) is 15.6. The van der Waals surface area contributed by atoms with Gasteiger partial charge in [0.15, 0.2) is 24.2 Å². The lowest BCUT2D eigenvalue weighted by molar-refractivity contribution is 0.0197. The maximum absolute atomic E-state index is 15.9. The number of imidazole rings is 1. The molecule has 3 aromatic heterocycles. The third-order valence-electron chi connectivity index (χ3n) is 10.9. The third kappa shape index (κ3) is 11.6. The number of rotatable bonds is 22. The molecule has 1 aliphatic rings. The van der Waals surface area contributed by atoms with Gasteiger partial charge in [-0.1, -0.05) is 83.5 Å². The summed E-state index contributed by atoms with van der Waals surface area (Å²) >= 11 is 0. The van der Waals surface area contributed by atoms with E-state index in [0.29, 0.717) is 39.5 Å². The molecule has 0 aliphatic carbocycles. The summed E-state index contributed by atoms with van der Waals surface area (Å²) in [6.45, 7) is 24.0. The van der Waals surface area contributed by atoms with Gasteiger partial charge in [-0.2, -0.15) is 5.10 Å². The number of halogens is 1. The summed E-state index contributed by atoms with van der Waals surface area (Å²) < 4.78 is 44.4. The largest absolute Gasteiger partial charge is 0.464 e. The molecule has 0 amide bonds. The molecule has 58 heavy (non-hydrogen) atoms. The average Bonchev–Trinajstić information content (AvgIpc) is 3.86. The molecule has 0 saturated heterocycles. The van der Waals surface area contributed by atoms with E-state index < -0.39 is 30.0 Å². The number of fused-ring (bicyclic) bond motifs is 2. The molecule has 2 aromatic carbocycles. The van der Waals surface area contributed by atoms with Crippen LogP contribution in [0.1, 0.15) is 41.2 Å². The van der Waals surface area contributed by atoms with Gasteiger partial charge in [-0.15, -0.1) is 0 Å². The molecule has 4 heterocycles. The van der Waals surface area contributed by atoms with Gasteiger partial charge in [-0.05, 0) is 60.3 Å². The van der Waals surface area contributed by atoms with E-state index in [-0.39, 0.29) is 25.3 Å². The standard InChI is InChI=1S/C43H64FN7O4Si3/c1-10-32-25-39(55-31-54-19-23-57(5,6)7)36(44)26-35(32)40-42-37(28-47-40)48-43(50(42)29-52-20-24-58(8,9)21-15-33-27-45-16-17-46-33)41-34-13-11-12-14-38(34)51(49-41)30-53-18-22-56(2,3)4/h11-14,16-17,25-27,40,47H,10,15,18-24,28-31H2,1-9H3. The van der Waals surface area contributed by atoms with E-state index >= 15 is 4.39 Å². The highest BCUT2D eigenvalue weighted by molar-refractivity contribution is 6.77. The van der Waals surface area contributed by atoms with Gasteiger partial charge in [-0.3, -0.25) is 15.3 Å². The minimum Gasteiger partial charge on any atom is -0.464 e. The number of nitrogens with zero attached hydrogens (tertiary/aromatic N) is 6. The van der Waals surface area contributed by atoms with Gasteiger partial charge < -0.3 is 23.5 Å². The zero-order valence-electron chi connectivity index (χ0n) is 36.2. The monoisotopic (exact) mass is 845 g/mol. The van der Waals surface area contributed by atoms with Crippen molar-refractivity contribution >= 4 is 35.1 Å². The fourth-order valence-electron chi connectivity index (χ4n) is 7.15. The smallest absolute Gasteiger partial charge is 0.189 e. The molecule has 0 bridgehead atoms. The van der Waals surface area contributed by atoms with Crippen LogP contribution in [-0.2, 0) is 47.1 Å². The number of ether oxygens (including phenoxy) is 4. The summed E-state index contributed by atoms with van der Waals surface area (Å²) in [4.78, 5) is 14.0. The molecule has 1 unspecified atom stereocenters. The van der Waals surface area contributed by atoms with Crippen LogP contribution in [0.25, 0.3) is 22.4 Å². The quantitative estimate of drug-likeness (QED) is 0.0414. The van der Waals surface area contributed by atoms with E-state index in [1.807, 2.05) is 29.1 Å². The lowest BCUT2D eigenvalue weighted by Crippen LogP contribution is -2.28. The second-order valence-electron chi connectivity index (χ2n) is 18.7. The molecular weight excluding hydrogens is 782 g/mol. The third-order valence-corrected chi connectivity index (χ3v) is 17.5. The second kappa shape index (κ2) is 19.2. The fraction of sp³-hybridized carbons (Fsp3) is 0.535. The Morgan fingerprint density at radius 2 is 1.59 bits per heavy atom. The molecule has 0 spiro atoms. The summed E-state index contributed by atoms with van der Waals surface area (Å²) in [6.07, 6.45) is 6.96. The van der Waals surface area contributed by atoms with Crippen molar-refractivity contribution in [3.63, 3.8) is 0 Å². The van der Waals surface area contributed by atoms with Crippen molar-refractivity contribution in [2.75, 3.05) is 26.6 Å². The van der Waals surface area contributed by atoms with E-state index in [4.69, 9.17) is 29.0 Å². The van der Waals surface area contributed by atoms with Crippen molar-refractivity contribution in [1.82, 2.24) is 34.6 Å². The van der Waals surface area contributed by atoms with Crippen molar-refractivity contribution in [3.8, 4) is 17.3 Å². The van der Waals surface area contributed by atoms with Gasteiger partial charge in [0.25, 0.3) is 0 Å². The predicted molar refractivity (Wildman–Crippen MR) is 238 cm³/mol. The van der Waals surface area contributed by atoms with Crippen LogP contribution < -0.4 is 10.1 Å². The second-order valence-corrected chi connectivity index (χ2v) is 35.3. The lowest BCUT2D eigenvalue weighted by Gasteiger charge is -2.23. The van der Waals surface area contributed by atoms with Crippen LogP contribution in [0.2, 0.25) is 76.6 Å². The number of hydrogen-bond donors (Lipinski definition) is 1. The minimum atomic E-state index is -1.60. The molecule has 1 N–H and O–H groups in total. The Labute approximate surface area is 347 Å². The van der Waals surface area contributed by atoms with Gasteiger partial charge in [0.1, 0.15) is 19.2 Å². The maximum Gasteiger partial charge on any atom is 0.189 e. The molecular formula is C43H64FN7O4Si3. The normalized spacial score (nSPS) is 14.8. The molecule has 1 aliphatic heterocycles. The molecule has 1 atom stereocenters. The average molecular weight is 846 g/mol. The van der Waals surface area contributed by atoms with Gasteiger partial charge in [0.2, 0.25) is 0 Å². The van der Waals surface area contributed by atoms with Crippen LogP contribution in [0.5, 0.6) is 5.75 Å². The van der Waals surface area contributed by atoms with Crippen molar-refractivity contribution in [2.45, 2.75) is 122 Å². The molecule has 314 valence electrons.